The van der Waals surface area contributed by atoms with Crippen molar-refractivity contribution >= 4 is 30.0 Å². The summed E-state index contributed by atoms with van der Waals surface area (Å²) < 4.78 is 49.3. The number of esters is 3. The summed E-state index contributed by atoms with van der Waals surface area (Å²) in [6.07, 6.45) is -8.64. The average molecular weight is 726 g/mol. The number of aliphatic imine (C=N–C) groups is 1. The lowest BCUT2D eigenvalue weighted by Crippen LogP contribution is -2.96. The van der Waals surface area contributed by atoms with Gasteiger partial charge in [-0.2, -0.15) is 0 Å². The van der Waals surface area contributed by atoms with Crippen LogP contribution in [0.25, 0.3) is 0 Å². The molecule has 1 spiro atoms. The number of carbonyl (C=O) groups is 4. The Kier molecular flexibility index (Phi) is 10.1. The normalized spacial score (nSPS) is 32.8. The molecular formula is C36H43N3O13. The standard InChI is InChI=1S/C36H43N3O13/c1-20(40)47-28-27-34(49-22(3)42,19-45-17-23-13-9-7-10-14-23)26-25-29(43)37-31(38-32(44)52-33(4,5)6)39-35(25,28)30(48-21(2)41)36(50-26,51-27)46-18-24-15-11-8-12-16-24/h7-16,25-30,43H,17-19H2,1-6H3,(H2,37,38,39,44)/t25-,26-,27+,28+,29-,30-,34+,35-,36+/m1/s1. The van der Waals surface area contributed by atoms with Gasteiger partial charge in [0.1, 0.15) is 23.3 Å². The first kappa shape index (κ1) is 37.2. The highest BCUT2D eigenvalue weighted by molar-refractivity contribution is 5.95. The van der Waals surface area contributed by atoms with Crippen LogP contribution in [0.2, 0.25) is 0 Å². The van der Waals surface area contributed by atoms with E-state index >= 15 is 0 Å². The summed E-state index contributed by atoms with van der Waals surface area (Å²) in [5.74, 6) is -6.24. The maximum absolute atomic E-state index is 13.0. The molecular weight excluding hydrogens is 682 g/mol. The number of hydrogen-bond acceptors (Lipinski definition) is 15. The Labute approximate surface area is 300 Å². The van der Waals surface area contributed by atoms with Gasteiger partial charge in [0.2, 0.25) is 12.1 Å². The molecule has 5 aliphatic rings. The fourth-order valence-electron chi connectivity index (χ4n) is 7.46. The molecule has 2 aromatic rings. The van der Waals surface area contributed by atoms with E-state index in [1.54, 1.807) is 45.0 Å². The second-order valence-electron chi connectivity index (χ2n) is 14.1. The van der Waals surface area contributed by atoms with Crippen molar-refractivity contribution in [1.29, 1.82) is 0 Å². The van der Waals surface area contributed by atoms with Crippen LogP contribution in [0.5, 0.6) is 0 Å². The van der Waals surface area contributed by atoms with Crippen molar-refractivity contribution in [2.45, 2.75) is 108 Å². The van der Waals surface area contributed by atoms with Crippen molar-refractivity contribution in [3.8, 4) is 0 Å². The fraction of sp³-hybridized carbons (Fsp3) is 0.528. The molecule has 3 saturated heterocycles. The van der Waals surface area contributed by atoms with Crippen molar-refractivity contribution in [3.63, 3.8) is 0 Å². The highest BCUT2D eigenvalue weighted by Gasteiger charge is 2.87. The minimum Gasteiger partial charge on any atom is -0.457 e. The number of aliphatic hydroxyl groups excluding tert-OH is 1. The zero-order valence-electron chi connectivity index (χ0n) is 29.7. The minimum atomic E-state index is -2.26. The SMILES string of the molecule is CC(=O)O[C@H]1[C@@H]2O[C@@]3(OCc4ccccc4)O[C@H]([C@@H]4[C@@H](O)N=C(NC(=O)OC(C)(C)C)N[C@]41[C@H]3OC(C)=O)[C@]2(COCc1ccccc1)OC(C)=O. The van der Waals surface area contributed by atoms with Crippen LogP contribution in [0.3, 0.4) is 0 Å². The van der Waals surface area contributed by atoms with Crippen molar-refractivity contribution in [2.75, 3.05) is 6.61 Å². The number of nitrogens with one attached hydrogen (secondary N) is 2. The highest BCUT2D eigenvalue weighted by atomic mass is 16.9. The van der Waals surface area contributed by atoms with Crippen LogP contribution in [0, 0.1) is 5.92 Å². The summed E-state index contributed by atoms with van der Waals surface area (Å²) in [6, 6.07) is 18.2. The highest BCUT2D eigenvalue weighted by Crippen LogP contribution is 2.62. The van der Waals surface area contributed by atoms with Gasteiger partial charge in [-0.05, 0) is 31.9 Å². The summed E-state index contributed by atoms with van der Waals surface area (Å²) in [4.78, 5) is 56.1. The zero-order chi connectivity index (χ0) is 37.5. The molecule has 0 radical (unpaired) electrons. The van der Waals surface area contributed by atoms with E-state index in [4.69, 9.17) is 37.9 Å². The molecule has 1 amide bonds. The van der Waals surface area contributed by atoms with Crippen molar-refractivity contribution < 1.29 is 62.2 Å². The summed E-state index contributed by atoms with van der Waals surface area (Å²) in [6.45, 7) is 8.06. The first-order chi connectivity index (χ1) is 24.6. The third kappa shape index (κ3) is 6.96. The van der Waals surface area contributed by atoms with E-state index in [0.29, 0.717) is 5.56 Å². The Morgan fingerprint density at radius 1 is 0.865 bits per heavy atom. The molecule has 16 nitrogen and oxygen atoms in total. The van der Waals surface area contributed by atoms with Gasteiger partial charge < -0.3 is 48.3 Å². The molecule has 4 bridgehead atoms. The minimum absolute atomic E-state index is 0.0754. The van der Waals surface area contributed by atoms with Crippen LogP contribution in [-0.4, -0.2) is 95.0 Å². The first-order valence-corrected chi connectivity index (χ1v) is 16.8. The number of benzene rings is 2. The smallest absolute Gasteiger partial charge is 0.414 e. The lowest BCUT2D eigenvalue weighted by atomic mass is 9.54. The lowest BCUT2D eigenvalue weighted by Gasteiger charge is -2.72. The third-order valence-electron chi connectivity index (χ3n) is 9.09. The van der Waals surface area contributed by atoms with E-state index in [1.165, 1.54) is 6.92 Å². The van der Waals surface area contributed by atoms with Gasteiger partial charge in [-0.15, -0.1) is 0 Å². The number of carbonyl (C=O) groups excluding carboxylic acids is 4. The van der Waals surface area contributed by atoms with E-state index in [2.05, 4.69) is 15.6 Å². The van der Waals surface area contributed by atoms with Crippen LogP contribution < -0.4 is 10.6 Å². The van der Waals surface area contributed by atoms with Gasteiger partial charge in [-0.1, -0.05) is 60.7 Å². The Hall–Kier alpha value is -4.61. The van der Waals surface area contributed by atoms with Crippen LogP contribution >= 0.6 is 0 Å². The molecule has 3 N–H and O–H groups in total. The summed E-state index contributed by atoms with van der Waals surface area (Å²) in [5.41, 5.74) is -3.19. The summed E-state index contributed by atoms with van der Waals surface area (Å²) in [7, 11) is 0. The Morgan fingerprint density at radius 3 is 2.04 bits per heavy atom. The molecule has 7 rings (SSSR count). The molecule has 2 aromatic carbocycles. The van der Waals surface area contributed by atoms with Gasteiger partial charge in [-0.3, -0.25) is 19.7 Å². The zero-order valence-corrected chi connectivity index (χ0v) is 29.7. The summed E-state index contributed by atoms with van der Waals surface area (Å²) >= 11 is 0. The molecule has 1 saturated carbocycles. The van der Waals surface area contributed by atoms with Crippen LogP contribution in [0.4, 0.5) is 4.79 Å². The van der Waals surface area contributed by atoms with Crippen molar-refractivity contribution in [2.24, 2.45) is 10.9 Å². The molecule has 52 heavy (non-hydrogen) atoms. The van der Waals surface area contributed by atoms with E-state index < -0.39 is 83.3 Å². The molecule has 4 fully saturated rings. The van der Waals surface area contributed by atoms with Gasteiger partial charge in [-0.25, -0.2) is 9.79 Å². The maximum Gasteiger partial charge on any atom is 0.414 e. The first-order valence-electron chi connectivity index (χ1n) is 16.8. The number of guanidine groups is 1. The molecule has 4 aliphatic heterocycles. The van der Waals surface area contributed by atoms with Gasteiger partial charge in [0.15, 0.2) is 17.9 Å². The maximum atomic E-state index is 13.0. The third-order valence-corrected chi connectivity index (χ3v) is 9.09. The topological polar surface area (TPSA) is 199 Å². The monoisotopic (exact) mass is 725 g/mol. The van der Waals surface area contributed by atoms with Crippen LogP contribution in [0.1, 0.15) is 52.7 Å². The average Bonchev–Trinajstić information content (AvgIpc) is 3.04. The van der Waals surface area contributed by atoms with Crippen molar-refractivity contribution in [1.82, 2.24) is 10.6 Å². The number of amides is 1. The van der Waals surface area contributed by atoms with Crippen LogP contribution in [0.15, 0.2) is 65.7 Å². The van der Waals surface area contributed by atoms with E-state index in [-0.39, 0.29) is 25.8 Å². The Morgan fingerprint density at radius 2 is 1.46 bits per heavy atom. The summed E-state index contributed by atoms with van der Waals surface area (Å²) in [5, 5.41) is 17.6. The van der Waals surface area contributed by atoms with Gasteiger partial charge in [0.05, 0.1) is 25.7 Å². The number of rotatable bonds is 10. The number of hydrogen-bond donors (Lipinski definition) is 3. The Balaban J connectivity index is 1.51. The van der Waals surface area contributed by atoms with E-state index in [0.717, 1.165) is 19.4 Å². The molecule has 16 heteroatoms. The van der Waals surface area contributed by atoms with Gasteiger partial charge in [0, 0.05) is 20.8 Å². The van der Waals surface area contributed by atoms with Gasteiger partial charge in [0.25, 0.3) is 0 Å². The number of ether oxygens (including phenoxy) is 8. The lowest BCUT2D eigenvalue weighted by molar-refractivity contribution is -0.556. The molecule has 0 aromatic heterocycles. The Bertz CT molecular complexity index is 1700. The second kappa shape index (κ2) is 14.1. The number of aliphatic hydroxyl groups is 1. The van der Waals surface area contributed by atoms with Crippen LogP contribution in [-0.2, 0) is 65.5 Å². The van der Waals surface area contributed by atoms with Gasteiger partial charge >= 0.3 is 30.0 Å². The molecule has 280 valence electrons. The fourth-order valence-corrected chi connectivity index (χ4v) is 7.46. The second-order valence-corrected chi connectivity index (χ2v) is 14.1. The molecule has 0 unspecified atom stereocenters. The molecule has 4 heterocycles. The van der Waals surface area contributed by atoms with E-state index in [1.807, 2.05) is 36.4 Å². The van der Waals surface area contributed by atoms with E-state index in [9.17, 15) is 24.3 Å². The largest absolute Gasteiger partial charge is 0.457 e. The van der Waals surface area contributed by atoms with Crippen molar-refractivity contribution in [3.05, 3.63) is 71.8 Å². The molecule has 1 aliphatic carbocycles. The number of nitrogens with zero attached hydrogens (tertiary/aromatic N) is 1. The quantitative estimate of drug-likeness (QED) is 0.238. The molecule has 9 atom stereocenters. The number of alkyl carbamates (subject to hydrolysis) is 1. The predicted molar refractivity (Wildman–Crippen MR) is 178 cm³/mol. The predicted octanol–water partition coefficient (Wildman–Crippen LogP) is 2.21.